The summed E-state index contributed by atoms with van der Waals surface area (Å²) in [4.78, 5) is 20.9. The zero-order valence-electron chi connectivity index (χ0n) is 21.1. The highest BCUT2D eigenvalue weighted by Gasteiger charge is 2.32. The summed E-state index contributed by atoms with van der Waals surface area (Å²) in [5.74, 6) is 2.11. The number of ether oxygens (including phenoxy) is 1. The second-order valence-corrected chi connectivity index (χ2v) is 11.0. The number of aromatic nitrogens is 3. The van der Waals surface area contributed by atoms with E-state index < -0.39 is 0 Å². The molecule has 1 aromatic carbocycles. The van der Waals surface area contributed by atoms with Crippen LogP contribution in [-0.2, 0) is 12.0 Å². The minimum absolute atomic E-state index is 0.133. The fraction of sp³-hybridized carbons (Fsp3) is 0.536. The number of likely N-dealkylation sites (tertiary alicyclic amines) is 1. The highest BCUT2D eigenvalue weighted by molar-refractivity contribution is 6.06. The molecule has 3 heterocycles. The van der Waals surface area contributed by atoms with E-state index in [1.807, 2.05) is 28.6 Å². The molecule has 2 fully saturated rings. The zero-order valence-corrected chi connectivity index (χ0v) is 21.1. The van der Waals surface area contributed by atoms with Crippen molar-refractivity contribution >= 4 is 16.9 Å². The van der Waals surface area contributed by atoms with Crippen LogP contribution < -0.4 is 4.74 Å². The van der Waals surface area contributed by atoms with Gasteiger partial charge in [0.05, 0.1) is 29.3 Å². The molecule has 1 aliphatic heterocycles. The van der Waals surface area contributed by atoms with Gasteiger partial charge in [0.15, 0.2) is 5.65 Å². The minimum Gasteiger partial charge on any atom is -0.497 e. The molecule has 34 heavy (non-hydrogen) atoms. The normalized spacial score (nSPS) is 17.4. The molecule has 0 spiro atoms. The molecule has 2 aromatic heterocycles. The Morgan fingerprint density at radius 1 is 1.09 bits per heavy atom. The second kappa shape index (κ2) is 8.71. The van der Waals surface area contributed by atoms with Gasteiger partial charge in [0.1, 0.15) is 5.75 Å². The number of rotatable bonds is 5. The maximum Gasteiger partial charge on any atom is 0.254 e. The van der Waals surface area contributed by atoms with Gasteiger partial charge in [0, 0.05) is 24.7 Å². The number of benzene rings is 1. The third-order valence-corrected chi connectivity index (χ3v) is 7.28. The molecule has 0 atom stereocenters. The SMILES string of the molecule is COc1ccc(CC2CCN(C(=O)c3cc(C4CC4)nc4c3c(C)nn4C(C)(C)C)CC2)cc1. The lowest BCUT2D eigenvalue weighted by Gasteiger charge is -2.32. The third-order valence-electron chi connectivity index (χ3n) is 7.28. The van der Waals surface area contributed by atoms with Crippen LogP contribution in [0.4, 0.5) is 0 Å². The van der Waals surface area contributed by atoms with Gasteiger partial charge >= 0.3 is 0 Å². The summed E-state index contributed by atoms with van der Waals surface area (Å²) in [5.41, 5.74) is 4.72. The van der Waals surface area contributed by atoms with Crippen molar-refractivity contribution in [2.45, 2.75) is 71.3 Å². The molecule has 2 aliphatic rings. The quantitative estimate of drug-likeness (QED) is 0.506. The van der Waals surface area contributed by atoms with Gasteiger partial charge < -0.3 is 9.64 Å². The Morgan fingerprint density at radius 2 is 1.76 bits per heavy atom. The molecule has 6 nitrogen and oxygen atoms in total. The van der Waals surface area contributed by atoms with Gasteiger partial charge in [-0.05, 0) is 89.5 Å². The molecule has 0 bridgehead atoms. The molecule has 6 heteroatoms. The number of hydrogen-bond acceptors (Lipinski definition) is 4. The molecule has 1 saturated heterocycles. The maximum atomic E-state index is 13.8. The van der Waals surface area contributed by atoms with Crippen LogP contribution in [0.15, 0.2) is 30.3 Å². The van der Waals surface area contributed by atoms with Crippen molar-refractivity contribution < 1.29 is 9.53 Å². The smallest absolute Gasteiger partial charge is 0.254 e. The van der Waals surface area contributed by atoms with E-state index in [0.29, 0.717) is 11.8 Å². The van der Waals surface area contributed by atoms with Crippen LogP contribution in [0.2, 0.25) is 0 Å². The molecule has 5 rings (SSSR count). The first-order chi connectivity index (χ1) is 16.2. The zero-order chi connectivity index (χ0) is 24.0. The third kappa shape index (κ3) is 4.42. The first-order valence-corrected chi connectivity index (χ1v) is 12.6. The highest BCUT2D eigenvalue weighted by atomic mass is 16.5. The summed E-state index contributed by atoms with van der Waals surface area (Å²) in [6.07, 6.45) is 5.43. The van der Waals surface area contributed by atoms with Gasteiger partial charge in [0.2, 0.25) is 0 Å². The number of piperidine rings is 1. The van der Waals surface area contributed by atoms with Crippen molar-refractivity contribution in [3.05, 3.63) is 52.8 Å². The van der Waals surface area contributed by atoms with Gasteiger partial charge in [-0.25, -0.2) is 9.67 Å². The van der Waals surface area contributed by atoms with Crippen LogP contribution >= 0.6 is 0 Å². The fourth-order valence-electron chi connectivity index (χ4n) is 5.14. The van der Waals surface area contributed by atoms with Crippen LogP contribution in [0.5, 0.6) is 5.75 Å². The van der Waals surface area contributed by atoms with E-state index in [2.05, 4.69) is 39.0 Å². The Hall–Kier alpha value is -2.89. The minimum atomic E-state index is -0.193. The average Bonchev–Trinajstić information content (AvgIpc) is 3.62. The van der Waals surface area contributed by atoms with E-state index in [-0.39, 0.29) is 11.4 Å². The number of carbonyl (C=O) groups excluding carboxylic acids is 1. The Kier molecular flexibility index (Phi) is 5.86. The molecule has 3 aromatic rings. The molecule has 1 aliphatic carbocycles. The van der Waals surface area contributed by atoms with Crippen molar-refractivity contribution in [1.29, 1.82) is 0 Å². The lowest BCUT2D eigenvalue weighted by molar-refractivity contribution is 0.0692. The van der Waals surface area contributed by atoms with Crippen LogP contribution in [0, 0.1) is 12.8 Å². The topological polar surface area (TPSA) is 60.2 Å². The number of hydrogen-bond donors (Lipinski definition) is 0. The van der Waals surface area contributed by atoms with Crippen molar-refractivity contribution in [1.82, 2.24) is 19.7 Å². The van der Waals surface area contributed by atoms with Crippen LogP contribution in [0.3, 0.4) is 0 Å². The molecule has 180 valence electrons. The molecular formula is C28H36N4O2. The standard InChI is InChI=1S/C28H36N4O2/c1-18-25-23(17-24(21-8-9-21)29-26(25)32(30-18)28(2,3)4)27(33)31-14-12-20(13-15-31)16-19-6-10-22(34-5)11-7-19/h6-7,10-11,17,20-21H,8-9,12-16H2,1-5H3. The Balaban J connectivity index is 1.37. The highest BCUT2D eigenvalue weighted by Crippen LogP contribution is 2.41. The Bertz CT molecular complexity index is 1190. The summed E-state index contributed by atoms with van der Waals surface area (Å²) >= 11 is 0. The predicted molar refractivity (Wildman–Crippen MR) is 135 cm³/mol. The number of methoxy groups -OCH3 is 1. The number of fused-ring (bicyclic) bond motifs is 1. The lowest BCUT2D eigenvalue weighted by Crippen LogP contribution is -2.39. The van der Waals surface area contributed by atoms with Crippen LogP contribution in [0.25, 0.3) is 11.0 Å². The molecule has 0 radical (unpaired) electrons. The van der Waals surface area contributed by atoms with Crippen molar-refractivity contribution in [2.24, 2.45) is 5.92 Å². The first kappa shape index (κ1) is 22.9. The van der Waals surface area contributed by atoms with E-state index in [0.717, 1.165) is 78.9 Å². The van der Waals surface area contributed by atoms with Gasteiger partial charge in [-0.15, -0.1) is 0 Å². The fourth-order valence-corrected chi connectivity index (χ4v) is 5.14. The number of aryl methyl sites for hydroxylation is 1. The van der Waals surface area contributed by atoms with Crippen LogP contribution in [0.1, 0.15) is 79.7 Å². The van der Waals surface area contributed by atoms with E-state index in [9.17, 15) is 4.79 Å². The van der Waals surface area contributed by atoms with Crippen molar-refractivity contribution in [3.63, 3.8) is 0 Å². The molecular weight excluding hydrogens is 424 g/mol. The number of nitrogens with zero attached hydrogens (tertiary/aromatic N) is 4. The summed E-state index contributed by atoms with van der Waals surface area (Å²) < 4.78 is 7.27. The first-order valence-electron chi connectivity index (χ1n) is 12.6. The Morgan fingerprint density at radius 3 is 2.35 bits per heavy atom. The average molecular weight is 461 g/mol. The number of carbonyl (C=O) groups is 1. The van der Waals surface area contributed by atoms with Gasteiger partial charge in [-0.1, -0.05) is 12.1 Å². The Labute approximate surface area is 202 Å². The lowest BCUT2D eigenvalue weighted by atomic mass is 9.90. The van der Waals surface area contributed by atoms with Crippen LogP contribution in [-0.4, -0.2) is 45.8 Å². The second-order valence-electron chi connectivity index (χ2n) is 11.0. The van der Waals surface area contributed by atoms with Gasteiger partial charge in [-0.3, -0.25) is 4.79 Å². The van der Waals surface area contributed by atoms with Gasteiger partial charge in [0.25, 0.3) is 5.91 Å². The number of pyridine rings is 1. The van der Waals surface area contributed by atoms with E-state index in [4.69, 9.17) is 14.8 Å². The molecule has 0 unspecified atom stereocenters. The van der Waals surface area contributed by atoms with Gasteiger partial charge in [-0.2, -0.15) is 5.10 Å². The molecule has 1 saturated carbocycles. The maximum absolute atomic E-state index is 13.8. The summed E-state index contributed by atoms with van der Waals surface area (Å²) in [6, 6.07) is 10.4. The van der Waals surface area contributed by atoms with E-state index >= 15 is 0 Å². The largest absolute Gasteiger partial charge is 0.497 e. The monoisotopic (exact) mass is 460 g/mol. The summed E-state index contributed by atoms with van der Waals surface area (Å²) in [6.45, 7) is 10.0. The van der Waals surface area contributed by atoms with Crippen molar-refractivity contribution in [2.75, 3.05) is 20.2 Å². The summed E-state index contributed by atoms with van der Waals surface area (Å²) in [5, 5.41) is 5.74. The predicted octanol–water partition coefficient (Wildman–Crippen LogP) is 5.48. The molecule has 1 amide bonds. The number of amides is 1. The van der Waals surface area contributed by atoms with Crippen molar-refractivity contribution in [3.8, 4) is 5.75 Å². The molecule has 0 N–H and O–H groups in total. The summed E-state index contributed by atoms with van der Waals surface area (Å²) in [7, 11) is 1.70. The van der Waals surface area contributed by atoms with E-state index in [1.165, 1.54) is 5.56 Å². The van der Waals surface area contributed by atoms with E-state index in [1.54, 1.807) is 7.11 Å².